The SMILES string of the molecule is CCC(=O)c1ccc(C)c(C#Cc2c[n+](C)c[nH]2)c1. The Morgan fingerprint density at radius 2 is 2.16 bits per heavy atom. The van der Waals surface area contributed by atoms with Crippen LogP contribution in [0.4, 0.5) is 0 Å². The molecule has 0 amide bonds. The van der Waals surface area contributed by atoms with Crippen LogP contribution in [0.5, 0.6) is 0 Å². The minimum atomic E-state index is 0.148. The van der Waals surface area contributed by atoms with Gasteiger partial charge < -0.3 is 0 Å². The monoisotopic (exact) mass is 253 g/mol. The lowest BCUT2D eigenvalue weighted by Crippen LogP contribution is -2.22. The Morgan fingerprint density at radius 1 is 1.37 bits per heavy atom. The van der Waals surface area contributed by atoms with Crippen LogP contribution in [0.15, 0.2) is 30.7 Å². The van der Waals surface area contributed by atoms with Crippen LogP contribution >= 0.6 is 0 Å². The first-order valence-electron chi connectivity index (χ1n) is 6.29. The van der Waals surface area contributed by atoms with E-state index < -0.39 is 0 Å². The number of H-pyrrole nitrogens is 1. The molecule has 3 nitrogen and oxygen atoms in total. The Kier molecular flexibility index (Phi) is 3.82. The molecule has 0 saturated carbocycles. The van der Waals surface area contributed by atoms with Gasteiger partial charge in [-0.3, -0.25) is 4.79 Å². The third-order valence-electron chi connectivity index (χ3n) is 2.97. The summed E-state index contributed by atoms with van der Waals surface area (Å²) in [6.07, 6.45) is 4.28. The number of aromatic nitrogens is 2. The van der Waals surface area contributed by atoms with E-state index in [0.717, 1.165) is 22.4 Å². The molecule has 1 heterocycles. The summed E-state index contributed by atoms with van der Waals surface area (Å²) in [5.41, 5.74) is 3.57. The largest absolute Gasteiger partial charge is 0.294 e. The van der Waals surface area contributed by atoms with Crippen molar-refractivity contribution in [3.8, 4) is 11.8 Å². The van der Waals surface area contributed by atoms with E-state index >= 15 is 0 Å². The maximum atomic E-state index is 11.7. The minimum absolute atomic E-state index is 0.148. The number of carbonyl (C=O) groups is 1. The van der Waals surface area contributed by atoms with Crippen LogP contribution < -0.4 is 4.57 Å². The third kappa shape index (κ3) is 3.11. The van der Waals surface area contributed by atoms with Crippen LogP contribution in [0.1, 0.15) is 40.5 Å². The second-order valence-electron chi connectivity index (χ2n) is 4.54. The molecule has 0 fully saturated rings. The maximum absolute atomic E-state index is 11.7. The zero-order valence-corrected chi connectivity index (χ0v) is 11.4. The van der Waals surface area contributed by atoms with Gasteiger partial charge in [0, 0.05) is 17.5 Å². The van der Waals surface area contributed by atoms with E-state index in [1.807, 2.05) is 56.2 Å². The van der Waals surface area contributed by atoms with Gasteiger partial charge in [-0.1, -0.05) is 25.0 Å². The summed E-state index contributed by atoms with van der Waals surface area (Å²) >= 11 is 0. The summed E-state index contributed by atoms with van der Waals surface area (Å²) in [4.78, 5) is 14.8. The number of nitrogens with one attached hydrogen (secondary N) is 1. The summed E-state index contributed by atoms with van der Waals surface area (Å²) in [5.74, 6) is 6.33. The molecule has 1 aromatic heterocycles. The number of Topliss-reactive ketones (excluding diaryl/α,β-unsaturated/α-hetero) is 1. The molecule has 1 aromatic carbocycles. The van der Waals surface area contributed by atoms with Crippen LogP contribution in [0.2, 0.25) is 0 Å². The summed E-state index contributed by atoms with van der Waals surface area (Å²) < 4.78 is 1.91. The highest BCUT2D eigenvalue weighted by Crippen LogP contribution is 2.12. The number of benzene rings is 1. The average molecular weight is 253 g/mol. The van der Waals surface area contributed by atoms with Gasteiger partial charge in [-0.15, -0.1) is 0 Å². The number of nitrogens with zero attached hydrogens (tertiary/aromatic N) is 1. The Hall–Kier alpha value is -2.34. The van der Waals surface area contributed by atoms with E-state index in [2.05, 4.69) is 16.8 Å². The van der Waals surface area contributed by atoms with E-state index in [1.165, 1.54) is 0 Å². The number of ketones is 1. The van der Waals surface area contributed by atoms with Gasteiger partial charge in [0.1, 0.15) is 6.20 Å². The number of imidazole rings is 1. The molecule has 0 bridgehead atoms. The van der Waals surface area contributed by atoms with Crippen molar-refractivity contribution in [2.24, 2.45) is 7.05 Å². The number of aryl methyl sites for hydroxylation is 2. The molecule has 0 atom stereocenters. The molecule has 1 N–H and O–H groups in total. The summed E-state index contributed by atoms with van der Waals surface area (Å²) in [6.45, 7) is 3.87. The molecular weight excluding hydrogens is 236 g/mol. The Bertz CT molecular complexity index is 672. The van der Waals surface area contributed by atoms with Crippen LogP contribution in [0, 0.1) is 18.8 Å². The number of aromatic amines is 1. The number of carbonyl (C=O) groups excluding carboxylic acids is 1. The van der Waals surface area contributed by atoms with Gasteiger partial charge in [0.05, 0.1) is 7.05 Å². The van der Waals surface area contributed by atoms with Crippen molar-refractivity contribution in [1.82, 2.24) is 4.98 Å². The van der Waals surface area contributed by atoms with E-state index in [1.54, 1.807) is 0 Å². The van der Waals surface area contributed by atoms with Crippen molar-refractivity contribution in [3.05, 3.63) is 53.1 Å². The van der Waals surface area contributed by atoms with Crippen molar-refractivity contribution in [1.29, 1.82) is 0 Å². The normalized spacial score (nSPS) is 9.84. The van der Waals surface area contributed by atoms with Crippen molar-refractivity contribution >= 4 is 5.78 Å². The fourth-order valence-corrected chi connectivity index (χ4v) is 1.79. The first kappa shape index (κ1) is 13.1. The van der Waals surface area contributed by atoms with E-state index in [0.29, 0.717) is 6.42 Å². The molecule has 96 valence electrons. The highest BCUT2D eigenvalue weighted by Gasteiger charge is 2.05. The fourth-order valence-electron chi connectivity index (χ4n) is 1.79. The van der Waals surface area contributed by atoms with Gasteiger partial charge >= 0.3 is 0 Å². The standard InChI is InChI=1S/C16H16N2O/c1-4-16(19)14-6-5-12(2)13(9-14)7-8-15-10-18(3)11-17-15/h5-6,9-11H,4H2,1-3H3/p+1. The predicted molar refractivity (Wildman–Crippen MR) is 73.7 cm³/mol. The third-order valence-corrected chi connectivity index (χ3v) is 2.97. The second kappa shape index (κ2) is 5.53. The van der Waals surface area contributed by atoms with Gasteiger partial charge in [0.2, 0.25) is 12.0 Å². The summed E-state index contributed by atoms with van der Waals surface area (Å²) in [5, 5.41) is 0. The lowest BCUT2D eigenvalue weighted by molar-refractivity contribution is -0.670. The smallest absolute Gasteiger partial charge is 0.242 e. The van der Waals surface area contributed by atoms with Gasteiger partial charge in [0.15, 0.2) is 5.78 Å². The summed E-state index contributed by atoms with van der Waals surface area (Å²) in [7, 11) is 1.94. The van der Waals surface area contributed by atoms with Crippen molar-refractivity contribution in [2.45, 2.75) is 20.3 Å². The first-order valence-corrected chi connectivity index (χ1v) is 6.29. The zero-order chi connectivity index (χ0) is 13.8. The molecule has 0 spiro atoms. The molecule has 19 heavy (non-hydrogen) atoms. The highest BCUT2D eigenvalue weighted by atomic mass is 16.1. The Morgan fingerprint density at radius 3 is 2.79 bits per heavy atom. The van der Waals surface area contributed by atoms with Crippen LogP contribution in [0.25, 0.3) is 0 Å². The van der Waals surface area contributed by atoms with Crippen LogP contribution in [-0.2, 0) is 7.05 Å². The van der Waals surface area contributed by atoms with E-state index in [9.17, 15) is 4.79 Å². The van der Waals surface area contributed by atoms with Crippen molar-refractivity contribution in [3.63, 3.8) is 0 Å². The lowest BCUT2D eigenvalue weighted by Gasteiger charge is -2.01. The predicted octanol–water partition coefficient (Wildman–Crippen LogP) is 2.14. The average Bonchev–Trinajstić information content (AvgIpc) is 2.82. The molecular formula is C16H17N2O+. The molecule has 3 heteroatoms. The van der Waals surface area contributed by atoms with Gasteiger partial charge in [-0.05, 0) is 24.5 Å². The molecule has 0 unspecified atom stereocenters. The fraction of sp³-hybridized carbons (Fsp3) is 0.250. The van der Waals surface area contributed by atoms with Crippen molar-refractivity contribution in [2.75, 3.05) is 0 Å². The molecule has 0 aliphatic carbocycles. The molecule has 0 aliphatic heterocycles. The number of rotatable bonds is 2. The summed E-state index contributed by atoms with van der Waals surface area (Å²) in [6, 6.07) is 5.68. The number of hydrogen-bond donors (Lipinski definition) is 1. The highest BCUT2D eigenvalue weighted by molar-refractivity contribution is 5.96. The Labute approximate surface area is 113 Å². The number of hydrogen-bond acceptors (Lipinski definition) is 1. The van der Waals surface area contributed by atoms with Crippen molar-refractivity contribution < 1.29 is 9.36 Å². The minimum Gasteiger partial charge on any atom is -0.294 e. The molecule has 2 aromatic rings. The molecule has 0 radical (unpaired) electrons. The quantitative estimate of drug-likeness (QED) is 0.497. The molecule has 2 rings (SSSR count). The van der Waals surface area contributed by atoms with E-state index in [4.69, 9.17) is 0 Å². The second-order valence-corrected chi connectivity index (χ2v) is 4.54. The van der Waals surface area contributed by atoms with Crippen LogP contribution in [0.3, 0.4) is 0 Å². The van der Waals surface area contributed by atoms with Gasteiger partial charge in [0.25, 0.3) is 0 Å². The zero-order valence-electron chi connectivity index (χ0n) is 11.4. The topological polar surface area (TPSA) is 36.7 Å². The lowest BCUT2D eigenvalue weighted by atomic mass is 10.0. The maximum Gasteiger partial charge on any atom is 0.242 e. The first-order chi connectivity index (χ1) is 9.10. The van der Waals surface area contributed by atoms with Gasteiger partial charge in [-0.25, -0.2) is 9.55 Å². The van der Waals surface area contributed by atoms with E-state index in [-0.39, 0.29) is 5.78 Å². The molecule has 0 saturated heterocycles. The Balaban J connectivity index is 2.34. The van der Waals surface area contributed by atoms with Crippen LogP contribution in [-0.4, -0.2) is 10.8 Å². The molecule has 0 aliphatic rings. The van der Waals surface area contributed by atoms with Gasteiger partial charge in [-0.2, -0.15) is 0 Å².